The molecule has 0 amide bonds. The summed E-state index contributed by atoms with van der Waals surface area (Å²) in [7, 11) is 0. The minimum absolute atomic E-state index is 0.175. The van der Waals surface area contributed by atoms with Crippen LogP contribution >= 0.6 is 15.9 Å². The zero-order valence-corrected chi connectivity index (χ0v) is 11.6. The van der Waals surface area contributed by atoms with Crippen molar-refractivity contribution in [1.29, 1.82) is 0 Å². The van der Waals surface area contributed by atoms with E-state index in [1.807, 2.05) is 19.1 Å². The number of hydrogen-bond donors (Lipinski definition) is 1. The number of benzene rings is 1. The lowest BCUT2D eigenvalue weighted by atomic mass is 10.0. The fraction of sp³-hybridized carbons (Fsp3) is 0.214. The molecule has 2 nitrogen and oxygen atoms in total. The van der Waals surface area contributed by atoms with Gasteiger partial charge in [0.15, 0.2) is 0 Å². The molecule has 0 aliphatic heterocycles. The zero-order chi connectivity index (χ0) is 13.1. The molecule has 1 aromatic carbocycles. The van der Waals surface area contributed by atoms with Gasteiger partial charge in [0.25, 0.3) is 0 Å². The summed E-state index contributed by atoms with van der Waals surface area (Å²) in [6.07, 6.45) is 4.13. The molecule has 94 valence electrons. The lowest BCUT2D eigenvalue weighted by Gasteiger charge is -2.12. The lowest BCUT2D eigenvalue weighted by molar-refractivity contribution is 0.621. The van der Waals surface area contributed by atoms with Crippen LogP contribution in [0, 0.1) is 12.7 Å². The van der Waals surface area contributed by atoms with Crippen molar-refractivity contribution in [3.8, 4) is 0 Å². The van der Waals surface area contributed by atoms with E-state index < -0.39 is 0 Å². The van der Waals surface area contributed by atoms with Crippen molar-refractivity contribution >= 4 is 15.9 Å². The van der Waals surface area contributed by atoms with Crippen LogP contribution in [0.2, 0.25) is 0 Å². The largest absolute Gasteiger partial charge is 0.324 e. The van der Waals surface area contributed by atoms with Crippen LogP contribution in [0.25, 0.3) is 0 Å². The summed E-state index contributed by atoms with van der Waals surface area (Å²) in [5.74, 6) is -0.256. The Bertz CT molecular complexity index is 537. The summed E-state index contributed by atoms with van der Waals surface area (Å²) in [5, 5.41) is 0. The number of pyridine rings is 1. The Labute approximate surface area is 114 Å². The molecule has 0 saturated heterocycles. The Kier molecular flexibility index (Phi) is 4.09. The summed E-state index contributed by atoms with van der Waals surface area (Å²) in [5.41, 5.74) is 9.03. The number of nitrogens with zero attached hydrogens (tertiary/aromatic N) is 1. The van der Waals surface area contributed by atoms with E-state index in [1.54, 1.807) is 12.4 Å². The zero-order valence-electron chi connectivity index (χ0n) is 10.0. The monoisotopic (exact) mass is 308 g/mol. The number of rotatable bonds is 3. The minimum Gasteiger partial charge on any atom is -0.324 e. The number of hydrogen-bond acceptors (Lipinski definition) is 2. The van der Waals surface area contributed by atoms with Gasteiger partial charge >= 0.3 is 0 Å². The molecule has 0 saturated carbocycles. The van der Waals surface area contributed by atoms with Gasteiger partial charge in [-0.05, 0) is 48.2 Å². The first kappa shape index (κ1) is 13.2. The minimum atomic E-state index is -0.256. The highest BCUT2D eigenvalue weighted by Gasteiger charge is 2.09. The molecule has 2 N–H and O–H groups in total. The van der Waals surface area contributed by atoms with Crippen LogP contribution < -0.4 is 5.73 Å². The molecule has 1 unspecified atom stereocenters. The second-order valence-corrected chi connectivity index (χ2v) is 5.30. The molecule has 0 radical (unpaired) electrons. The average molecular weight is 309 g/mol. The number of halogens is 2. The highest BCUT2D eigenvalue weighted by atomic mass is 79.9. The molecule has 1 heterocycles. The first-order valence-corrected chi connectivity index (χ1v) is 6.46. The maximum absolute atomic E-state index is 13.3. The smallest absolute Gasteiger partial charge is 0.124 e. The highest BCUT2D eigenvalue weighted by Crippen LogP contribution is 2.20. The molecule has 0 spiro atoms. The molecule has 18 heavy (non-hydrogen) atoms. The van der Waals surface area contributed by atoms with E-state index in [-0.39, 0.29) is 11.9 Å². The standard InChI is InChI=1S/C14H14BrFN2/c1-9-2-11(8-18-7-9)14(17)5-10-3-12(15)6-13(16)4-10/h2-4,6-8,14H,5,17H2,1H3. The van der Waals surface area contributed by atoms with Gasteiger partial charge < -0.3 is 5.73 Å². The van der Waals surface area contributed by atoms with Crippen molar-refractivity contribution in [3.05, 3.63) is 63.6 Å². The molecular weight excluding hydrogens is 295 g/mol. The average Bonchev–Trinajstić information content (AvgIpc) is 2.27. The Morgan fingerprint density at radius 3 is 2.72 bits per heavy atom. The van der Waals surface area contributed by atoms with Crippen LogP contribution in [-0.4, -0.2) is 4.98 Å². The molecule has 1 atom stereocenters. The third-order valence-corrected chi connectivity index (χ3v) is 3.16. The number of nitrogens with two attached hydrogens (primary N) is 1. The lowest BCUT2D eigenvalue weighted by Crippen LogP contribution is -2.14. The predicted octanol–water partition coefficient (Wildman–Crippen LogP) is 3.53. The summed E-state index contributed by atoms with van der Waals surface area (Å²) in [6.45, 7) is 1.97. The first-order chi connectivity index (χ1) is 8.54. The first-order valence-electron chi connectivity index (χ1n) is 5.66. The van der Waals surface area contributed by atoms with Gasteiger partial charge in [0, 0.05) is 22.9 Å². The van der Waals surface area contributed by atoms with Crippen LogP contribution in [0.4, 0.5) is 4.39 Å². The van der Waals surface area contributed by atoms with Crippen LogP contribution in [0.3, 0.4) is 0 Å². The molecule has 1 aromatic heterocycles. The van der Waals surface area contributed by atoms with Crippen LogP contribution in [0.5, 0.6) is 0 Å². The molecular formula is C14H14BrFN2. The molecule has 0 aliphatic rings. The van der Waals surface area contributed by atoms with Crippen LogP contribution in [0.15, 0.2) is 41.1 Å². The Balaban J connectivity index is 2.18. The topological polar surface area (TPSA) is 38.9 Å². The normalized spacial score (nSPS) is 12.4. The van der Waals surface area contributed by atoms with Crippen molar-refractivity contribution in [2.75, 3.05) is 0 Å². The Hall–Kier alpha value is -1.26. The maximum Gasteiger partial charge on any atom is 0.124 e. The highest BCUT2D eigenvalue weighted by molar-refractivity contribution is 9.10. The molecule has 2 rings (SSSR count). The molecule has 0 fully saturated rings. The van der Waals surface area contributed by atoms with E-state index in [2.05, 4.69) is 20.9 Å². The number of aromatic nitrogens is 1. The van der Waals surface area contributed by atoms with Crippen molar-refractivity contribution in [1.82, 2.24) is 4.98 Å². The molecule has 0 bridgehead atoms. The van der Waals surface area contributed by atoms with E-state index in [4.69, 9.17) is 5.73 Å². The quantitative estimate of drug-likeness (QED) is 0.942. The Morgan fingerprint density at radius 1 is 1.28 bits per heavy atom. The van der Waals surface area contributed by atoms with Crippen molar-refractivity contribution in [3.63, 3.8) is 0 Å². The Morgan fingerprint density at radius 2 is 2.06 bits per heavy atom. The summed E-state index contributed by atoms with van der Waals surface area (Å²) < 4.78 is 14.0. The molecule has 0 aliphatic carbocycles. The second-order valence-electron chi connectivity index (χ2n) is 4.38. The van der Waals surface area contributed by atoms with Gasteiger partial charge in [-0.25, -0.2) is 4.39 Å². The second kappa shape index (κ2) is 5.59. The summed E-state index contributed by atoms with van der Waals surface area (Å²) in [4.78, 5) is 4.12. The van der Waals surface area contributed by atoms with E-state index in [9.17, 15) is 4.39 Å². The van der Waals surface area contributed by atoms with Gasteiger partial charge in [0.1, 0.15) is 5.82 Å². The van der Waals surface area contributed by atoms with Crippen molar-refractivity contribution in [2.24, 2.45) is 5.73 Å². The van der Waals surface area contributed by atoms with Gasteiger partial charge in [-0.1, -0.05) is 22.0 Å². The van der Waals surface area contributed by atoms with Gasteiger partial charge in [-0.3, -0.25) is 4.98 Å². The fourth-order valence-corrected chi connectivity index (χ4v) is 2.39. The van der Waals surface area contributed by atoms with Crippen molar-refractivity contribution in [2.45, 2.75) is 19.4 Å². The fourth-order valence-electron chi connectivity index (χ4n) is 1.88. The van der Waals surface area contributed by atoms with Gasteiger partial charge in [-0.2, -0.15) is 0 Å². The van der Waals surface area contributed by atoms with Crippen LogP contribution in [0.1, 0.15) is 22.7 Å². The van der Waals surface area contributed by atoms with E-state index in [0.717, 1.165) is 21.2 Å². The van der Waals surface area contributed by atoms with Gasteiger partial charge in [0.05, 0.1) is 0 Å². The third kappa shape index (κ3) is 3.37. The van der Waals surface area contributed by atoms with Crippen molar-refractivity contribution < 1.29 is 4.39 Å². The molecule has 4 heteroatoms. The summed E-state index contributed by atoms with van der Waals surface area (Å²) >= 11 is 3.28. The maximum atomic E-state index is 13.3. The SMILES string of the molecule is Cc1cncc(C(N)Cc2cc(F)cc(Br)c2)c1. The summed E-state index contributed by atoms with van der Waals surface area (Å²) in [6, 6.07) is 6.65. The molecule has 2 aromatic rings. The van der Waals surface area contributed by atoms with Gasteiger partial charge in [0.2, 0.25) is 0 Å². The van der Waals surface area contributed by atoms with E-state index in [0.29, 0.717) is 6.42 Å². The predicted molar refractivity (Wildman–Crippen MR) is 73.7 cm³/mol. The number of aryl methyl sites for hydroxylation is 1. The van der Waals surface area contributed by atoms with E-state index in [1.165, 1.54) is 12.1 Å². The van der Waals surface area contributed by atoms with E-state index >= 15 is 0 Å². The third-order valence-electron chi connectivity index (χ3n) is 2.70. The van der Waals surface area contributed by atoms with Gasteiger partial charge in [-0.15, -0.1) is 0 Å². The van der Waals surface area contributed by atoms with Crippen LogP contribution in [-0.2, 0) is 6.42 Å².